The van der Waals surface area contributed by atoms with Crippen LogP contribution in [-0.2, 0) is 9.53 Å². The summed E-state index contributed by atoms with van der Waals surface area (Å²) in [7, 11) is 0. The number of nitrogens with zero attached hydrogens (tertiary/aromatic N) is 1. The summed E-state index contributed by atoms with van der Waals surface area (Å²) >= 11 is 12.1. The van der Waals surface area contributed by atoms with Crippen molar-refractivity contribution in [1.29, 1.82) is 0 Å². The zero-order chi connectivity index (χ0) is 16.1. The van der Waals surface area contributed by atoms with Gasteiger partial charge in [0.05, 0.1) is 28.3 Å². The molecular weight excluding hydrogens is 327 g/mol. The molecule has 7 heteroatoms. The summed E-state index contributed by atoms with van der Waals surface area (Å²) in [6.45, 7) is 3.04. The number of carbonyl (C=O) groups excluding carboxylic acids is 2. The highest BCUT2D eigenvalue weighted by molar-refractivity contribution is 6.39. The van der Waals surface area contributed by atoms with E-state index in [1.54, 1.807) is 30.0 Å². The second-order valence-electron chi connectivity index (χ2n) is 5.06. The lowest BCUT2D eigenvalue weighted by molar-refractivity contribution is -0.149. The summed E-state index contributed by atoms with van der Waals surface area (Å²) in [6, 6.07) is 4.70. The monoisotopic (exact) mass is 344 g/mol. The normalized spacial score (nSPS) is 18.0. The van der Waals surface area contributed by atoms with Gasteiger partial charge in [-0.1, -0.05) is 29.3 Å². The summed E-state index contributed by atoms with van der Waals surface area (Å²) in [6.07, 6.45) is 1.49. The largest absolute Gasteiger partial charge is 0.466 e. The lowest BCUT2D eigenvalue weighted by Gasteiger charge is -2.31. The number of ether oxygens (including phenoxy) is 1. The minimum atomic E-state index is -0.316. The summed E-state index contributed by atoms with van der Waals surface area (Å²) in [5.41, 5.74) is 0.383. The molecule has 22 heavy (non-hydrogen) atoms. The Hall–Kier alpha value is -1.46. The summed E-state index contributed by atoms with van der Waals surface area (Å²) in [5, 5.41) is 3.46. The van der Waals surface area contributed by atoms with Crippen LogP contribution in [0.15, 0.2) is 18.2 Å². The molecule has 1 unspecified atom stereocenters. The Labute approximate surface area is 139 Å². The predicted molar refractivity (Wildman–Crippen MR) is 86.4 cm³/mol. The Morgan fingerprint density at radius 3 is 2.68 bits per heavy atom. The first-order chi connectivity index (χ1) is 10.5. The van der Waals surface area contributed by atoms with Crippen LogP contribution in [0.3, 0.4) is 0 Å². The fraction of sp³-hybridized carbons (Fsp3) is 0.467. The van der Waals surface area contributed by atoms with E-state index < -0.39 is 0 Å². The number of piperidine rings is 1. The van der Waals surface area contributed by atoms with Gasteiger partial charge in [0, 0.05) is 13.1 Å². The molecule has 1 fully saturated rings. The maximum atomic E-state index is 12.3. The summed E-state index contributed by atoms with van der Waals surface area (Å²) in [4.78, 5) is 25.7. The molecule has 120 valence electrons. The molecule has 0 aliphatic carbocycles. The van der Waals surface area contributed by atoms with E-state index in [0.717, 1.165) is 12.8 Å². The number of rotatable bonds is 3. The average Bonchev–Trinajstić information content (AvgIpc) is 2.51. The molecule has 1 aliphatic heterocycles. The Morgan fingerprint density at radius 1 is 1.36 bits per heavy atom. The van der Waals surface area contributed by atoms with E-state index in [9.17, 15) is 9.59 Å². The number of hydrogen-bond acceptors (Lipinski definition) is 3. The van der Waals surface area contributed by atoms with Crippen LogP contribution in [0.5, 0.6) is 0 Å². The molecule has 1 saturated heterocycles. The molecule has 1 atom stereocenters. The summed E-state index contributed by atoms with van der Waals surface area (Å²) < 4.78 is 5.03. The van der Waals surface area contributed by atoms with E-state index in [2.05, 4.69) is 5.32 Å². The van der Waals surface area contributed by atoms with Crippen molar-refractivity contribution in [3.8, 4) is 0 Å². The van der Waals surface area contributed by atoms with Crippen molar-refractivity contribution in [2.45, 2.75) is 19.8 Å². The van der Waals surface area contributed by atoms with Crippen molar-refractivity contribution in [2.75, 3.05) is 25.0 Å². The minimum absolute atomic E-state index is 0.254. The van der Waals surface area contributed by atoms with Crippen molar-refractivity contribution < 1.29 is 14.3 Å². The van der Waals surface area contributed by atoms with Crippen molar-refractivity contribution >= 4 is 40.9 Å². The molecule has 0 spiro atoms. The topological polar surface area (TPSA) is 58.6 Å². The zero-order valence-corrected chi connectivity index (χ0v) is 13.8. The van der Waals surface area contributed by atoms with E-state index in [1.807, 2.05) is 0 Å². The van der Waals surface area contributed by atoms with Gasteiger partial charge in [-0.3, -0.25) is 4.79 Å². The molecule has 1 aliphatic rings. The van der Waals surface area contributed by atoms with Crippen molar-refractivity contribution in [1.82, 2.24) is 4.90 Å². The molecule has 2 amide bonds. The molecule has 1 N–H and O–H groups in total. The Balaban J connectivity index is 2.02. The SMILES string of the molecule is CCOC(=O)C1CCCN(C(=O)Nc2c(Cl)cccc2Cl)C1. The Kier molecular flexibility index (Phi) is 5.91. The number of carbonyl (C=O) groups is 2. The molecule has 5 nitrogen and oxygen atoms in total. The lowest BCUT2D eigenvalue weighted by atomic mass is 9.98. The second-order valence-corrected chi connectivity index (χ2v) is 5.88. The first-order valence-corrected chi connectivity index (χ1v) is 7.95. The second kappa shape index (κ2) is 7.70. The maximum Gasteiger partial charge on any atom is 0.321 e. The van der Waals surface area contributed by atoms with Gasteiger partial charge in [-0.15, -0.1) is 0 Å². The van der Waals surface area contributed by atoms with Gasteiger partial charge in [0.25, 0.3) is 0 Å². The van der Waals surface area contributed by atoms with Gasteiger partial charge < -0.3 is 15.0 Å². The van der Waals surface area contributed by atoms with Gasteiger partial charge in [0.1, 0.15) is 0 Å². The molecule has 0 aromatic heterocycles. The molecule has 2 rings (SSSR count). The smallest absolute Gasteiger partial charge is 0.321 e. The van der Waals surface area contributed by atoms with E-state index in [0.29, 0.717) is 35.4 Å². The number of nitrogens with one attached hydrogen (secondary N) is 1. The third kappa shape index (κ3) is 4.05. The van der Waals surface area contributed by atoms with Crippen LogP contribution in [0, 0.1) is 5.92 Å². The first kappa shape index (κ1) is 16.9. The van der Waals surface area contributed by atoms with Crippen molar-refractivity contribution in [3.63, 3.8) is 0 Å². The van der Waals surface area contributed by atoms with Crippen molar-refractivity contribution in [3.05, 3.63) is 28.2 Å². The molecule has 1 aromatic carbocycles. The molecular formula is C15H18Cl2N2O3. The van der Waals surface area contributed by atoms with Crippen LogP contribution < -0.4 is 5.32 Å². The number of amides is 2. The van der Waals surface area contributed by atoms with Crippen LogP contribution in [0.25, 0.3) is 0 Å². The quantitative estimate of drug-likeness (QED) is 0.848. The first-order valence-electron chi connectivity index (χ1n) is 7.19. The number of likely N-dealkylation sites (tertiary alicyclic amines) is 1. The van der Waals surface area contributed by atoms with E-state index in [-0.39, 0.29) is 17.9 Å². The molecule has 1 heterocycles. The Morgan fingerprint density at radius 2 is 2.05 bits per heavy atom. The lowest BCUT2D eigenvalue weighted by Crippen LogP contribution is -2.44. The predicted octanol–water partition coefficient (Wildman–Crippen LogP) is 3.80. The van der Waals surface area contributed by atoms with Gasteiger partial charge in [-0.25, -0.2) is 4.79 Å². The van der Waals surface area contributed by atoms with Gasteiger partial charge in [0.15, 0.2) is 0 Å². The Bertz CT molecular complexity index is 545. The van der Waals surface area contributed by atoms with Gasteiger partial charge in [-0.05, 0) is 31.9 Å². The fourth-order valence-corrected chi connectivity index (χ4v) is 2.91. The van der Waals surface area contributed by atoms with Crippen LogP contribution in [0.2, 0.25) is 10.0 Å². The van der Waals surface area contributed by atoms with Gasteiger partial charge in [0.2, 0.25) is 0 Å². The molecule has 0 bridgehead atoms. The van der Waals surface area contributed by atoms with E-state index in [1.165, 1.54) is 0 Å². The van der Waals surface area contributed by atoms with Crippen LogP contribution in [0.1, 0.15) is 19.8 Å². The number of halogens is 2. The van der Waals surface area contributed by atoms with E-state index in [4.69, 9.17) is 27.9 Å². The van der Waals surface area contributed by atoms with Crippen LogP contribution in [0.4, 0.5) is 10.5 Å². The number of para-hydroxylation sites is 1. The highest BCUT2D eigenvalue weighted by Crippen LogP contribution is 2.30. The minimum Gasteiger partial charge on any atom is -0.466 e. The fourth-order valence-electron chi connectivity index (χ4n) is 2.42. The molecule has 1 aromatic rings. The average molecular weight is 345 g/mol. The number of benzene rings is 1. The molecule has 0 saturated carbocycles. The highest BCUT2D eigenvalue weighted by atomic mass is 35.5. The number of urea groups is 1. The number of hydrogen-bond donors (Lipinski definition) is 1. The summed E-state index contributed by atoms with van der Waals surface area (Å²) in [5.74, 6) is -0.531. The molecule has 0 radical (unpaired) electrons. The van der Waals surface area contributed by atoms with Gasteiger partial charge in [-0.2, -0.15) is 0 Å². The van der Waals surface area contributed by atoms with Crippen LogP contribution >= 0.6 is 23.2 Å². The number of anilines is 1. The standard InChI is InChI=1S/C15H18Cl2N2O3/c1-2-22-14(20)10-5-4-8-19(9-10)15(21)18-13-11(16)6-3-7-12(13)17/h3,6-7,10H,2,4-5,8-9H2,1H3,(H,18,21). The zero-order valence-electron chi connectivity index (χ0n) is 12.3. The van der Waals surface area contributed by atoms with E-state index >= 15 is 0 Å². The number of esters is 1. The van der Waals surface area contributed by atoms with Crippen molar-refractivity contribution in [2.24, 2.45) is 5.92 Å². The van der Waals surface area contributed by atoms with Gasteiger partial charge >= 0.3 is 12.0 Å². The van der Waals surface area contributed by atoms with Crippen LogP contribution in [-0.4, -0.2) is 36.6 Å². The third-order valence-electron chi connectivity index (χ3n) is 3.52. The third-order valence-corrected chi connectivity index (χ3v) is 4.15. The highest BCUT2D eigenvalue weighted by Gasteiger charge is 2.29. The maximum absolute atomic E-state index is 12.3.